The molecule has 2 N–H and O–H groups in total. The summed E-state index contributed by atoms with van der Waals surface area (Å²) in [6.45, 7) is 2.19. The van der Waals surface area contributed by atoms with Gasteiger partial charge in [-0.05, 0) is 24.6 Å². The van der Waals surface area contributed by atoms with Crippen molar-refractivity contribution in [2.75, 3.05) is 0 Å². The lowest BCUT2D eigenvalue weighted by Gasteiger charge is -2.07. The van der Waals surface area contributed by atoms with E-state index in [0.717, 1.165) is 12.8 Å². The van der Waals surface area contributed by atoms with E-state index in [4.69, 9.17) is 4.74 Å². The molecule has 0 amide bonds. The highest BCUT2D eigenvalue weighted by atomic mass is 79.9. The molecule has 0 spiro atoms. The first-order valence-corrected chi connectivity index (χ1v) is 9.46. The third kappa shape index (κ3) is 3.72. The molecule has 0 aliphatic rings. The normalized spacial score (nSPS) is 11.1. The summed E-state index contributed by atoms with van der Waals surface area (Å²) in [5.74, 6) is -0.634. The number of nitrogens with one attached hydrogen (secondary N) is 1. The van der Waals surface area contributed by atoms with Gasteiger partial charge in [0, 0.05) is 18.1 Å². The Morgan fingerprint density at radius 1 is 1.36 bits per heavy atom. The number of hydrogen-bond acceptors (Lipinski definition) is 6. The molecule has 28 heavy (non-hydrogen) atoms. The second-order valence-corrected chi connectivity index (χ2v) is 7.18. The van der Waals surface area contributed by atoms with Crippen molar-refractivity contribution in [1.29, 1.82) is 0 Å². The minimum absolute atomic E-state index is 0.00541. The van der Waals surface area contributed by atoms with Crippen LogP contribution in [0, 0.1) is 0 Å². The molecule has 10 heteroatoms. The molecule has 0 saturated heterocycles. The first kappa shape index (κ1) is 19.9. The summed E-state index contributed by atoms with van der Waals surface area (Å²) < 4.78 is 8.76. The van der Waals surface area contributed by atoms with Gasteiger partial charge in [0.1, 0.15) is 23.7 Å². The number of aryl methyl sites for hydroxylation is 2. The number of rotatable bonds is 6. The number of halogens is 1. The Labute approximate surface area is 167 Å². The van der Waals surface area contributed by atoms with Gasteiger partial charge in [0.2, 0.25) is 0 Å². The molecule has 0 atom stereocenters. The van der Waals surface area contributed by atoms with Crippen LogP contribution in [0.25, 0.3) is 11.2 Å². The minimum Gasteiger partial charge on any atom is -0.507 e. The fourth-order valence-corrected chi connectivity index (χ4v) is 3.18. The highest BCUT2D eigenvalue weighted by Crippen LogP contribution is 2.23. The van der Waals surface area contributed by atoms with Crippen molar-refractivity contribution in [2.45, 2.75) is 32.9 Å². The van der Waals surface area contributed by atoms with E-state index < -0.39 is 17.2 Å². The maximum atomic E-state index is 12.3. The van der Waals surface area contributed by atoms with Gasteiger partial charge in [-0.15, -0.1) is 0 Å². The number of aromatic hydroxyl groups is 1. The molecule has 0 saturated carbocycles. The molecule has 0 fully saturated rings. The first-order chi connectivity index (χ1) is 13.3. The van der Waals surface area contributed by atoms with Crippen LogP contribution in [0.4, 0.5) is 0 Å². The number of nitrogens with zero attached hydrogens (tertiary/aromatic N) is 3. The Kier molecular flexibility index (Phi) is 5.68. The zero-order valence-corrected chi connectivity index (χ0v) is 16.9. The molecular formula is C18H19BrN4O5. The number of imidazole rings is 1. The van der Waals surface area contributed by atoms with Crippen LogP contribution in [-0.2, 0) is 24.9 Å². The van der Waals surface area contributed by atoms with Gasteiger partial charge in [-0.25, -0.2) is 14.6 Å². The molecule has 0 bridgehead atoms. The van der Waals surface area contributed by atoms with Crippen molar-refractivity contribution in [2.24, 2.45) is 7.05 Å². The van der Waals surface area contributed by atoms with Crippen LogP contribution < -0.4 is 11.2 Å². The Bertz CT molecular complexity index is 1160. The minimum atomic E-state index is -0.733. The maximum absolute atomic E-state index is 12.3. The van der Waals surface area contributed by atoms with E-state index in [2.05, 4.69) is 25.9 Å². The van der Waals surface area contributed by atoms with E-state index in [-0.39, 0.29) is 29.1 Å². The highest BCUT2D eigenvalue weighted by Gasteiger charge is 2.19. The molecule has 0 aliphatic carbocycles. The lowest BCUT2D eigenvalue weighted by Crippen LogP contribution is -2.31. The average Bonchev–Trinajstić information content (AvgIpc) is 2.98. The fourth-order valence-electron chi connectivity index (χ4n) is 2.82. The molecule has 3 rings (SSSR count). The van der Waals surface area contributed by atoms with Gasteiger partial charge in [-0.2, -0.15) is 0 Å². The van der Waals surface area contributed by atoms with Gasteiger partial charge >= 0.3 is 11.7 Å². The van der Waals surface area contributed by atoms with Gasteiger partial charge in [0.25, 0.3) is 5.56 Å². The van der Waals surface area contributed by atoms with Crippen LogP contribution in [0.15, 0.2) is 32.3 Å². The number of aromatic amines is 1. The average molecular weight is 451 g/mol. The number of benzene rings is 1. The molecule has 3 aromatic rings. The summed E-state index contributed by atoms with van der Waals surface area (Å²) in [7, 11) is 1.61. The number of aromatic nitrogens is 4. The summed E-state index contributed by atoms with van der Waals surface area (Å²) in [6.07, 6.45) is 1.63. The summed E-state index contributed by atoms with van der Waals surface area (Å²) in [4.78, 5) is 43.3. The van der Waals surface area contributed by atoms with Crippen molar-refractivity contribution in [3.05, 3.63) is 54.9 Å². The third-order valence-electron chi connectivity index (χ3n) is 4.35. The number of esters is 1. The van der Waals surface area contributed by atoms with Crippen LogP contribution in [0.2, 0.25) is 0 Å². The topological polar surface area (TPSA) is 119 Å². The Morgan fingerprint density at radius 2 is 2.11 bits per heavy atom. The summed E-state index contributed by atoms with van der Waals surface area (Å²) in [5.41, 5.74) is -0.587. The van der Waals surface area contributed by atoms with E-state index >= 15 is 0 Å². The number of carbonyl (C=O) groups excluding carboxylic acids is 1. The molecule has 0 radical (unpaired) electrons. The van der Waals surface area contributed by atoms with Crippen LogP contribution in [-0.4, -0.2) is 30.2 Å². The molecule has 1 aromatic carbocycles. The molecule has 2 aromatic heterocycles. The predicted molar refractivity (Wildman–Crippen MR) is 105 cm³/mol. The van der Waals surface area contributed by atoms with Crippen LogP contribution in [0.3, 0.4) is 0 Å². The van der Waals surface area contributed by atoms with E-state index in [1.165, 1.54) is 21.3 Å². The zero-order chi connectivity index (χ0) is 20.4. The summed E-state index contributed by atoms with van der Waals surface area (Å²) >= 11 is 3.23. The summed E-state index contributed by atoms with van der Waals surface area (Å²) in [6, 6.07) is 4.42. The van der Waals surface area contributed by atoms with Crippen LogP contribution in [0.5, 0.6) is 5.75 Å². The maximum Gasteiger partial charge on any atom is 0.342 e. The lowest BCUT2D eigenvalue weighted by molar-refractivity contribution is 0.0456. The smallest absolute Gasteiger partial charge is 0.342 e. The summed E-state index contributed by atoms with van der Waals surface area (Å²) in [5, 5.41) is 9.83. The molecular weight excluding hydrogens is 432 g/mol. The van der Waals surface area contributed by atoms with E-state index in [0.29, 0.717) is 16.8 Å². The Balaban J connectivity index is 1.93. The van der Waals surface area contributed by atoms with Gasteiger partial charge in [-0.1, -0.05) is 29.3 Å². The van der Waals surface area contributed by atoms with Gasteiger partial charge in [-0.3, -0.25) is 14.3 Å². The second kappa shape index (κ2) is 8.01. The van der Waals surface area contributed by atoms with Crippen LogP contribution in [0.1, 0.15) is 35.9 Å². The van der Waals surface area contributed by atoms with E-state index in [1.54, 1.807) is 13.1 Å². The van der Waals surface area contributed by atoms with Gasteiger partial charge in [0.05, 0.1) is 0 Å². The fraction of sp³-hybridized carbons (Fsp3) is 0.333. The quantitative estimate of drug-likeness (QED) is 0.554. The van der Waals surface area contributed by atoms with Gasteiger partial charge in [0.15, 0.2) is 11.2 Å². The number of fused-ring (bicyclic) bond motifs is 1. The van der Waals surface area contributed by atoms with Crippen molar-refractivity contribution in [3.63, 3.8) is 0 Å². The van der Waals surface area contributed by atoms with Crippen molar-refractivity contribution < 1.29 is 14.6 Å². The molecule has 9 nitrogen and oxygen atoms in total. The van der Waals surface area contributed by atoms with Crippen molar-refractivity contribution in [3.8, 4) is 5.75 Å². The molecule has 2 heterocycles. The number of phenols is 1. The van der Waals surface area contributed by atoms with Crippen LogP contribution >= 0.6 is 15.9 Å². The second-order valence-electron chi connectivity index (χ2n) is 6.26. The largest absolute Gasteiger partial charge is 0.507 e. The van der Waals surface area contributed by atoms with E-state index in [9.17, 15) is 19.5 Å². The number of carbonyl (C=O) groups is 1. The zero-order valence-electron chi connectivity index (χ0n) is 15.4. The number of unbranched alkanes of at least 4 members (excludes halogenated alkanes) is 1. The number of hydrogen-bond donors (Lipinski definition) is 2. The number of ether oxygens (including phenoxy) is 1. The lowest BCUT2D eigenvalue weighted by atomic mass is 10.2. The molecule has 0 unspecified atom stereocenters. The molecule has 148 valence electrons. The first-order valence-electron chi connectivity index (χ1n) is 8.67. The Hall–Kier alpha value is -2.88. The molecule has 0 aliphatic heterocycles. The standard InChI is InChI=1S/C18H19BrN4O5/c1-3-4-7-23-15-14(16(25)21-18(23)27)22(2)13(20-15)9-28-17(26)11-8-10(19)5-6-12(11)24/h5-6,8,24H,3-4,7,9H2,1-2H3,(H,21,25,27). The van der Waals surface area contributed by atoms with Crippen molar-refractivity contribution in [1.82, 2.24) is 19.1 Å². The number of H-pyrrole nitrogens is 1. The van der Waals surface area contributed by atoms with E-state index in [1.807, 2.05) is 6.92 Å². The third-order valence-corrected chi connectivity index (χ3v) is 4.85. The van der Waals surface area contributed by atoms with Crippen molar-refractivity contribution >= 4 is 33.1 Å². The monoisotopic (exact) mass is 450 g/mol. The number of phenolic OH excluding ortho intramolecular Hbond substituents is 1. The highest BCUT2D eigenvalue weighted by molar-refractivity contribution is 9.10. The SMILES string of the molecule is CCCCn1c(=O)[nH]c(=O)c2c1nc(COC(=O)c1cc(Br)ccc1O)n2C. The Morgan fingerprint density at radius 3 is 2.82 bits per heavy atom. The van der Waals surface area contributed by atoms with Gasteiger partial charge < -0.3 is 14.4 Å². The predicted octanol–water partition coefficient (Wildman–Crippen LogP) is 2.05.